The van der Waals surface area contributed by atoms with Crippen LogP contribution in [0.25, 0.3) is 11.6 Å². The minimum atomic E-state index is 0.00111. The number of halogens is 1. The predicted octanol–water partition coefficient (Wildman–Crippen LogP) is 3.19. The molecule has 0 radical (unpaired) electrons. The van der Waals surface area contributed by atoms with Gasteiger partial charge < -0.3 is 15.0 Å². The molecule has 0 atom stereocenters. The van der Waals surface area contributed by atoms with Crippen LogP contribution in [0.4, 0.5) is 11.6 Å². The molecule has 0 aliphatic carbocycles. The van der Waals surface area contributed by atoms with Gasteiger partial charge in [-0.3, -0.25) is 4.99 Å². The first kappa shape index (κ1) is 12.9. The molecule has 3 rings (SSSR count). The average Bonchev–Trinajstić information content (AvgIpc) is 2.96. The molecule has 0 spiro atoms. The van der Waals surface area contributed by atoms with Crippen molar-refractivity contribution in [1.82, 2.24) is 9.55 Å². The van der Waals surface area contributed by atoms with Crippen molar-refractivity contribution < 1.29 is 5.11 Å². The van der Waals surface area contributed by atoms with Crippen molar-refractivity contribution in [2.75, 3.05) is 12.4 Å². The summed E-state index contributed by atoms with van der Waals surface area (Å²) in [6.07, 6.45) is 3.67. The first-order chi connectivity index (χ1) is 9.61. The van der Waals surface area contributed by atoms with Crippen LogP contribution in [-0.2, 0) is 7.05 Å². The third-order valence-electron chi connectivity index (χ3n) is 3.27. The molecular weight excluding hydrogens is 320 g/mol. The van der Waals surface area contributed by atoms with Gasteiger partial charge in [0.15, 0.2) is 0 Å². The highest BCUT2D eigenvalue weighted by Gasteiger charge is 2.17. The third-order valence-corrected chi connectivity index (χ3v) is 3.91. The van der Waals surface area contributed by atoms with Crippen LogP contribution < -0.4 is 5.32 Å². The van der Waals surface area contributed by atoms with Crippen LogP contribution in [0.2, 0.25) is 0 Å². The predicted molar refractivity (Wildman–Crippen MR) is 84.6 cm³/mol. The summed E-state index contributed by atoms with van der Waals surface area (Å²) in [5.41, 5.74) is 3.53. The Labute approximate surface area is 124 Å². The molecule has 0 amide bonds. The van der Waals surface area contributed by atoms with Crippen LogP contribution in [0.5, 0.6) is 5.88 Å². The Hall–Kier alpha value is -2.08. The van der Waals surface area contributed by atoms with Crippen molar-refractivity contribution in [1.29, 1.82) is 0 Å². The van der Waals surface area contributed by atoms with E-state index in [0.29, 0.717) is 11.6 Å². The van der Waals surface area contributed by atoms with Crippen LogP contribution in [0, 0.1) is 0 Å². The number of para-hydroxylation sites is 1. The molecule has 0 saturated heterocycles. The molecule has 0 bridgehead atoms. The molecule has 1 aromatic heterocycles. The van der Waals surface area contributed by atoms with E-state index in [0.717, 1.165) is 21.3 Å². The lowest BCUT2D eigenvalue weighted by Gasteiger charge is -2.03. The molecule has 0 unspecified atom stereocenters. The lowest BCUT2D eigenvalue weighted by Crippen LogP contribution is -1.99. The molecule has 6 heteroatoms. The number of benzene rings is 1. The summed E-state index contributed by atoms with van der Waals surface area (Å²) in [7, 11) is 3.61. The van der Waals surface area contributed by atoms with Gasteiger partial charge in [-0.2, -0.15) is 4.98 Å². The average molecular weight is 333 g/mol. The van der Waals surface area contributed by atoms with Crippen LogP contribution in [0.15, 0.2) is 27.7 Å². The van der Waals surface area contributed by atoms with Crippen LogP contribution in [0.1, 0.15) is 11.3 Å². The Bertz CT molecular complexity index is 746. The highest BCUT2D eigenvalue weighted by Crippen LogP contribution is 2.38. The van der Waals surface area contributed by atoms with Gasteiger partial charge in [0.2, 0.25) is 11.8 Å². The number of allylic oxidation sites excluding steroid dienone is 1. The fourth-order valence-electron chi connectivity index (χ4n) is 2.23. The van der Waals surface area contributed by atoms with Crippen molar-refractivity contribution in [2.24, 2.45) is 12.0 Å². The maximum absolute atomic E-state index is 9.94. The Morgan fingerprint density at radius 2 is 2.20 bits per heavy atom. The Kier molecular flexibility index (Phi) is 3.10. The normalized spacial score (nSPS) is 14.8. The van der Waals surface area contributed by atoms with Crippen molar-refractivity contribution in [3.05, 3.63) is 33.9 Å². The standard InChI is InChI=1S/C14H13BrN4O/c1-16-14-18-13(20)11(19(14)2)6-8-7-17-12-9(8)4-3-5-10(12)15/h3-7,20H,1-2H3,(H,16,18). The second kappa shape index (κ2) is 4.79. The molecule has 1 aromatic carbocycles. The van der Waals surface area contributed by atoms with Crippen molar-refractivity contribution >= 4 is 45.4 Å². The van der Waals surface area contributed by atoms with E-state index in [9.17, 15) is 5.11 Å². The summed E-state index contributed by atoms with van der Waals surface area (Å²) >= 11 is 3.49. The number of imidazole rings is 1. The molecular formula is C14H13BrN4O. The highest BCUT2D eigenvalue weighted by atomic mass is 79.9. The fraction of sp³-hybridized carbons (Fsp3) is 0.143. The summed E-state index contributed by atoms with van der Waals surface area (Å²) in [5.74, 6) is 0.611. The Balaban J connectivity index is 2.11. The molecule has 1 aliphatic heterocycles. The van der Waals surface area contributed by atoms with E-state index in [1.165, 1.54) is 0 Å². The third kappa shape index (κ3) is 1.92. The molecule has 0 saturated carbocycles. The highest BCUT2D eigenvalue weighted by molar-refractivity contribution is 9.10. The Morgan fingerprint density at radius 1 is 1.40 bits per heavy atom. The van der Waals surface area contributed by atoms with E-state index in [-0.39, 0.29) is 5.88 Å². The molecule has 1 aliphatic rings. The first-order valence-electron chi connectivity index (χ1n) is 6.10. The number of aliphatic imine (C=N–C) groups is 1. The van der Waals surface area contributed by atoms with E-state index in [1.54, 1.807) is 17.8 Å². The molecule has 2 heterocycles. The molecule has 20 heavy (non-hydrogen) atoms. The van der Waals surface area contributed by atoms with Gasteiger partial charge >= 0.3 is 0 Å². The topological polar surface area (TPSA) is 62.4 Å². The number of anilines is 1. The number of aromatic nitrogens is 2. The van der Waals surface area contributed by atoms with Crippen LogP contribution in [-0.4, -0.2) is 27.9 Å². The summed E-state index contributed by atoms with van der Waals surface area (Å²) in [6, 6.07) is 5.93. The molecule has 102 valence electrons. The molecule has 0 fully saturated rings. The summed E-state index contributed by atoms with van der Waals surface area (Å²) < 4.78 is 2.76. The quantitative estimate of drug-likeness (QED) is 0.887. The number of nitrogens with one attached hydrogen (secondary N) is 1. The maximum atomic E-state index is 9.94. The van der Waals surface area contributed by atoms with Crippen LogP contribution >= 0.6 is 15.9 Å². The van der Waals surface area contributed by atoms with Gasteiger partial charge in [0.25, 0.3) is 0 Å². The fourth-order valence-corrected chi connectivity index (χ4v) is 2.70. The molecule has 5 nitrogen and oxygen atoms in total. The number of aromatic hydroxyl groups is 1. The van der Waals surface area contributed by atoms with Gasteiger partial charge in [-0.05, 0) is 28.1 Å². The van der Waals surface area contributed by atoms with Gasteiger partial charge in [0.1, 0.15) is 5.69 Å². The Morgan fingerprint density at radius 3 is 2.90 bits per heavy atom. The van der Waals surface area contributed by atoms with E-state index >= 15 is 0 Å². The largest absolute Gasteiger partial charge is 0.492 e. The lowest BCUT2D eigenvalue weighted by molar-refractivity contribution is 0.454. The van der Waals surface area contributed by atoms with Gasteiger partial charge in [0.05, 0.1) is 5.69 Å². The van der Waals surface area contributed by atoms with Gasteiger partial charge in [-0.1, -0.05) is 12.1 Å². The lowest BCUT2D eigenvalue weighted by atomic mass is 10.1. The van der Waals surface area contributed by atoms with Gasteiger partial charge in [-0.25, -0.2) is 0 Å². The SMILES string of the molecule is CNc1nc(O)c(C=C2C=Nc3c(Br)cccc32)n1C. The molecule has 2 N–H and O–H groups in total. The maximum Gasteiger partial charge on any atom is 0.238 e. The van der Waals surface area contributed by atoms with E-state index < -0.39 is 0 Å². The van der Waals surface area contributed by atoms with Gasteiger partial charge in [-0.15, -0.1) is 0 Å². The molecule has 2 aromatic rings. The van der Waals surface area contributed by atoms with Gasteiger partial charge in [0, 0.05) is 35.9 Å². The number of fused-ring (bicyclic) bond motifs is 1. The monoisotopic (exact) mass is 332 g/mol. The van der Waals surface area contributed by atoms with E-state index in [4.69, 9.17) is 0 Å². The van der Waals surface area contributed by atoms with Crippen molar-refractivity contribution in [3.8, 4) is 5.88 Å². The summed E-state index contributed by atoms with van der Waals surface area (Å²) in [6.45, 7) is 0. The van der Waals surface area contributed by atoms with Crippen molar-refractivity contribution in [2.45, 2.75) is 0 Å². The summed E-state index contributed by atoms with van der Waals surface area (Å²) in [5, 5.41) is 12.9. The number of hydrogen-bond acceptors (Lipinski definition) is 4. The smallest absolute Gasteiger partial charge is 0.238 e. The van der Waals surface area contributed by atoms with Crippen molar-refractivity contribution in [3.63, 3.8) is 0 Å². The second-order valence-corrected chi connectivity index (χ2v) is 5.30. The summed E-state index contributed by atoms with van der Waals surface area (Å²) in [4.78, 5) is 8.45. The van der Waals surface area contributed by atoms with E-state index in [2.05, 4.69) is 31.2 Å². The van der Waals surface area contributed by atoms with Crippen LogP contribution in [0.3, 0.4) is 0 Å². The minimum Gasteiger partial charge on any atom is -0.492 e. The minimum absolute atomic E-state index is 0.00111. The number of nitrogens with zero attached hydrogens (tertiary/aromatic N) is 3. The van der Waals surface area contributed by atoms with E-state index in [1.807, 2.05) is 31.3 Å². The zero-order valence-electron chi connectivity index (χ0n) is 11.1. The second-order valence-electron chi connectivity index (χ2n) is 4.45. The number of rotatable bonds is 2. The zero-order valence-corrected chi connectivity index (χ0v) is 12.6. The zero-order chi connectivity index (χ0) is 14.3. The first-order valence-corrected chi connectivity index (χ1v) is 6.89. The number of hydrogen-bond donors (Lipinski definition) is 2.